The molecule has 3 rings (SSSR count). The average molecular weight is 282 g/mol. The summed E-state index contributed by atoms with van der Waals surface area (Å²) in [5.74, 6) is -0.173. The number of aromatic nitrogens is 2. The molecule has 108 valence electrons. The average Bonchev–Trinajstić information content (AvgIpc) is 2.84. The van der Waals surface area contributed by atoms with Crippen LogP contribution in [0.3, 0.4) is 0 Å². The van der Waals surface area contributed by atoms with Crippen LogP contribution in [-0.4, -0.2) is 22.5 Å². The predicted octanol–water partition coefficient (Wildman–Crippen LogP) is 4.02. The molecule has 0 fully saturated rings. The van der Waals surface area contributed by atoms with Gasteiger partial charge in [-0.15, -0.1) is 0 Å². The summed E-state index contributed by atoms with van der Waals surface area (Å²) in [4.78, 5) is 19.9. The second-order valence-electron chi connectivity index (χ2n) is 5.35. The molecular formula is C17H18N2O2. The third-order valence-corrected chi connectivity index (χ3v) is 3.63. The first-order valence-electron chi connectivity index (χ1n) is 7.20. The van der Waals surface area contributed by atoms with Crippen molar-refractivity contribution in [3.63, 3.8) is 0 Å². The Bertz CT molecular complexity index is 818. The van der Waals surface area contributed by atoms with Crippen molar-refractivity contribution in [1.82, 2.24) is 9.97 Å². The van der Waals surface area contributed by atoms with Crippen LogP contribution in [0.4, 0.5) is 0 Å². The molecule has 0 saturated heterocycles. The van der Waals surface area contributed by atoms with Gasteiger partial charge in [0, 0.05) is 16.3 Å². The molecule has 0 spiro atoms. The number of hydrogen-bond donors (Lipinski definition) is 1. The standard InChI is InChI=1S/C17H18N2O2/c1-4-21-17(20)16-14(10(2)3)15-11-7-5-6-8-12(11)19-13(15)9-18-16/h5-10,19H,4H2,1-3H3. The van der Waals surface area contributed by atoms with E-state index in [0.717, 1.165) is 27.4 Å². The van der Waals surface area contributed by atoms with Gasteiger partial charge in [0.2, 0.25) is 0 Å². The van der Waals surface area contributed by atoms with E-state index < -0.39 is 0 Å². The Kier molecular flexibility index (Phi) is 3.37. The molecule has 2 aromatic heterocycles. The zero-order valence-electron chi connectivity index (χ0n) is 12.4. The molecule has 0 aliphatic rings. The van der Waals surface area contributed by atoms with Gasteiger partial charge in [0.05, 0.1) is 18.3 Å². The lowest BCUT2D eigenvalue weighted by Crippen LogP contribution is -2.11. The van der Waals surface area contributed by atoms with Crippen molar-refractivity contribution in [3.05, 3.63) is 41.7 Å². The fourth-order valence-electron chi connectivity index (χ4n) is 2.79. The highest BCUT2D eigenvalue weighted by molar-refractivity contribution is 6.11. The van der Waals surface area contributed by atoms with Crippen molar-refractivity contribution >= 4 is 27.8 Å². The summed E-state index contributed by atoms with van der Waals surface area (Å²) in [7, 11) is 0. The van der Waals surface area contributed by atoms with E-state index in [1.54, 1.807) is 13.1 Å². The van der Waals surface area contributed by atoms with E-state index in [1.807, 2.05) is 18.2 Å². The van der Waals surface area contributed by atoms with Crippen LogP contribution in [0.1, 0.15) is 42.7 Å². The molecule has 3 aromatic rings. The molecule has 21 heavy (non-hydrogen) atoms. The van der Waals surface area contributed by atoms with E-state index in [1.165, 1.54) is 0 Å². The van der Waals surface area contributed by atoms with Gasteiger partial charge in [-0.3, -0.25) is 0 Å². The van der Waals surface area contributed by atoms with Crippen LogP contribution >= 0.6 is 0 Å². The van der Waals surface area contributed by atoms with E-state index in [0.29, 0.717) is 12.3 Å². The molecule has 4 nitrogen and oxygen atoms in total. The lowest BCUT2D eigenvalue weighted by atomic mass is 9.95. The number of para-hydroxylation sites is 1. The van der Waals surface area contributed by atoms with Crippen LogP contribution in [0.5, 0.6) is 0 Å². The number of carbonyl (C=O) groups excluding carboxylic acids is 1. The molecule has 1 N–H and O–H groups in total. The largest absolute Gasteiger partial charge is 0.461 e. The van der Waals surface area contributed by atoms with Crippen molar-refractivity contribution in [2.45, 2.75) is 26.7 Å². The Hall–Kier alpha value is -2.36. The molecule has 0 bridgehead atoms. The number of hydrogen-bond acceptors (Lipinski definition) is 3. The molecule has 0 unspecified atom stereocenters. The minimum absolute atomic E-state index is 0.180. The van der Waals surface area contributed by atoms with Gasteiger partial charge in [0.25, 0.3) is 0 Å². The molecule has 0 radical (unpaired) electrons. The van der Waals surface area contributed by atoms with Crippen LogP contribution in [0.2, 0.25) is 0 Å². The molecule has 4 heteroatoms. The Morgan fingerprint density at radius 2 is 2.05 bits per heavy atom. The fraction of sp³-hybridized carbons (Fsp3) is 0.294. The van der Waals surface area contributed by atoms with Crippen molar-refractivity contribution in [1.29, 1.82) is 0 Å². The summed E-state index contributed by atoms with van der Waals surface area (Å²) in [6.07, 6.45) is 1.72. The van der Waals surface area contributed by atoms with Gasteiger partial charge in [-0.2, -0.15) is 0 Å². The zero-order chi connectivity index (χ0) is 15.0. The summed E-state index contributed by atoms with van der Waals surface area (Å²) < 4.78 is 5.14. The quantitative estimate of drug-likeness (QED) is 0.738. The number of carbonyl (C=O) groups is 1. The highest BCUT2D eigenvalue weighted by atomic mass is 16.5. The minimum atomic E-state index is -0.353. The number of H-pyrrole nitrogens is 1. The Labute approximate surface area is 123 Å². The smallest absolute Gasteiger partial charge is 0.357 e. The maximum atomic E-state index is 12.2. The predicted molar refractivity (Wildman–Crippen MR) is 83.6 cm³/mol. The maximum absolute atomic E-state index is 12.2. The van der Waals surface area contributed by atoms with Crippen molar-refractivity contribution in [2.75, 3.05) is 6.61 Å². The van der Waals surface area contributed by atoms with Crippen LogP contribution in [0, 0.1) is 0 Å². The summed E-state index contributed by atoms with van der Waals surface area (Å²) in [5.41, 5.74) is 3.37. The molecule has 0 amide bonds. The minimum Gasteiger partial charge on any atom is -0.461 e. The lowest BCUT2D eigenvalue weighted by Gasteiger charge is -2.12. The SMILES string of the molecule is CCOC(=O)c1ncc2[nH]c3ccccc3c2c1C(C)C. The number of nitrogens with one attached hydrogen (secondary N) is 1. The molecule has 1 aromatic carbocycles. The normalized spacial score (nSPS) is 11.4. The number of fused-ring (bicyclic) bond motifs is 3. The summed E-state index contributed by atoms with van der Waals surface area (Å²) >= 11 is 0. The first-order chi connectivity index (χ1) is 10.1. The molecular weight excluding hydrogens is 264 g/mol. The van der Waals surface area contributed by atoms with Gasteiger partial charge in [-0.25, -0.2) is 9.78 Å². The van der Waals surface area contributed by atoms with E-state index >= 15 is 0 Å². The van der Waals surface area contributed by atoms with Gasteiger partial charge in [-0.05, 0) is 24.5 Å². The van der Waals surface area contributed by atoms with Crippen molar-refractivity contribution in [3.8, 4) is 0 Å². The van der Waals surface area contributed by atoms with E-state index in [-0.39, 0.29) is 11.9 Å². The number of nitrogens with zero attached hydrogens (tertiary/aromatic N) is 1. The van der Waals surface area contributed by atoms with Crippen LogP contribution < -0.4 is 0 Å². The third-order valence-electron chi connectivity index (χ3n) is 3.63. The van der Waals surface area contributed by atoms with Crippen LogP contribution in [0.15, 0.2) is 30.5 Å². The molecule has 0 saturated carbocycles. The topological polar surface area (TPSA) is 55.0 Å². The first-order valence-corrected chi connectivity index (χ1v) is 7.20. The maximum Gasteiger partial charge on any atom is 0.357 e. The first kappa shape index (κ1) is 13.6. The van der Waals surface area contributed by atoms with Gasteiger partial charge < -0.3 is 9.72 Å². The van der Waals surface area contributed by atoms with Gasteiger partial charge in [0.15, 0.2) is 5.69 Å². The van der Waals surface area contributed by atoms with Crippen molar-refractivity contribution in [2.24, 2.45) is 0 Å². The Morgan fingerprint density at radius 1 is 1.29 bits per heavy atom. The highest BCUT2D eigenvalue weighted by Gasteiger charge is 2.21. The summed E-state index contributed by atoms with van der Waals surface area (Å²) in [6, 6.07) is 8.09. The monoisotopic (exact) mass is 282 g/mol. The molecule has 2 heterocycles. The highest BCUT2D eigenvalue weighted by Crippen LogP contribution is 2.33. The van der Waals surface area contributed by atoms with Gasteiger partial charge >= 0.3 is 5.97 Å². The van der Waals surface area contributed by atoms with Crippen LogP contribution in [-0.2, 0) is 4.74 Å². The molecule has 0 aliphatic heterocycles. The summed E-state index contributed by atoms with van der Waals surface area (Å²) in [5, 5.41) is 2.18. The van der Waals surface area contributed by atoms with Crippen LogP contribution in [0.25, 0.3) is 21.8 Å². The van der Waals surface area contributed by atoms with E-state index in [4.69, 9.17) is 4.74 Å². The zero-order valence-corrected chi connectivity index (χ0v) is 12.4. The second-order valence-corrected chi connectivity index (χ2v) is 5.35. The van der Waals surface area contributed by atoms with Gasteiger partial charge in [0.1, 0.15) is 0 Å². The Morgan fingerprint density at radius 3 is 2.76 bits per heavy atom. The fourth-order valence-corrected chi connectivity index (χ4v) is 2.79. The number of esters is 1. The van der Waals surface area contributed by atoms with Crippen molar-refractivity contribution < 1.29 is 9.53 Å². The number of rotatable bonds is 3. The second kappa shape index (κ2) is 5.20. The van der Waals surface area contributed by atoms with Gasteiger partial charge in [-0.1, -0.05) is 32.0 Å². The number of benzene rings is 1. The van der Waals surface area contributed by atoms with E-state index in [2.05, 4.69) is 29.9 Å². The Balaban J connectivity index is 2.38. The number of ether oxygens (including phenoxy) is 1. The summed E-state index contributed by atoms with van der Waals surface area (Å²) in [6.45, 7) is 6.29. The number of pyridine rings is 1. The molecule has 0 atom stereocenters. The van der Waals surface area contributed by atoms with E-state index in [9.17, 15) is 4.79 Å². The lowest BCUT2D eigenvalue weighted by molar-refractivity contribution is 0.0518. The third kappa shape index (κ3) is 2.17. The molecule has 0 aliphatic carbocycles. The number of aromatic amines is 1.